The lowest BCUT2D eigenvalue weighted by Crippen LogP contribution is -2.65. The zero-order valence-electron chi connectivity index (χ0n) is 21.6. The second kappa shape index (κ2) is 13.0. The molecule has 0 saturated heterocycles. The standard InChI is InChI=1S/C28H49NO4/c1-5-6-7-8-9-10-11-12-13-14-15-16-17-18-22(30)25(26(31)32)29-24-20-21-19-23(27(21,2)3)28(24,4)33/h17-18,21-23,25,30,33H,5-16,19-20H2,1-4H3,(H,31,32)/t21-,22?,23-,25?,28-/m0/s1. The highest BCUT2D eigenvalue weighted by Crippen LogP contribution is 2.61. The number of aliphatic imine (C=N–C) groups is 1. The molecular weight excluding hydrogens is 414 g/mol. The van der Waals surface area contributed by atoms with Crippen LogP contribution < -0.4 is 0 Å². The average molecular weight is 464 g/mol. The molecule has 2 unspecified atom stereocenters. The van der Waals surface area contributed by atoms with E-state index in [1.54, 1.807) is 13.0 Å². The lowest BCUT2D eigenvalue weighted by Gasteiger charge is -2.62. The van der Waals surface area contributed by atoms with Crippen LogP contribution in [-0.4, -0.2) is 44.7 Å². The molecule has 0 amide bonds. The number of carbonyl (C=O) groups is 1. The van der Waals surface area contributed by atoms with Crippen LogP contribution in [-0.2, 0) is 4.79 Å². The van der Waals surface area contributed by atoms with E-state index in [1.807, 2.05) is 6.08 Å². The van der Waals surface area contributed by atoms with Gasteiger partial charge in [-0.15, -0.1) is 0 Å². The largest absolute Gasteiger partial charge is 0.480 e. The molecule has 0 radical (unpaired) electrons. The Balaban J connectivity index is 1.69. The maximum absolute atomic E-state index is 11.8. The van der Waals surface area contributed by atoms with Crippen LogP contribution in [0.5, 0.6) is 0 Å². The molecule has 0 spiro atoms. The van der Waals surface area contributed by atoms with Crippen molar-refractivity contribution in [3.63, 3.8) is 0 Å². The van der Waals surface area contributed by atoms with Gasteiger partial charge in [0, 0.05) is 5.71 Å². The highest BCUT2D eigenvalue weighted by atomic mass is 16.4. The Morgan fingerprint density at radius 1 is 1.03 bits per heavy atom. The molecule has 3 rings (SSSR count). The number of unbranched alkanes of at least 4 members (excludes halogenated alkanes) is 11. The number of hydrogen-bond acceptors (Lipinski definition) is 4. The molecule has 0 aromatic heterocycles. The van der Waals surface area contributed by atoms with Crippen molar-refractivity contribution in [3.8, 4) is 0 Å². The molecule has 2 bridgehead atoms. The first-order chi connectivity index (χ1) is 15.6. The number of aliphatic hydroxyl groups excluding tert-OH is 1. The van der Waals surface area contributed by atoms with Crippen molar-refractivity contribution in [2.75, 3.05) is 0 Å². The predicted octanol–water partition coefficient (Wildman–Crippen LogP) is 6.32. The Kier molecular flexibility index (Phi) is 11.1. The first-order valence-electron chi connectivity index (χ1n) is 13.5. The third-order valence-corrected chi connectivity index (χ3v) is 8.35. The lowest BCUT2D eigenvalue weighted by atomic mass is 9.44. The average Bonchev–Trinajstić information content (AvgIpc) is 2.74. The van der Waals surface area contributed by atoms with E-state index in [1.165, 1.54) is 64.2 Å². The molecule has 190 valence electrons. The third-order valence-electron chi connectivity index (χ3n) is 8.35. The zero-order chi connectivity index (χ0) is 24.5. The van der Waals surface area contributed by atoms with Crippen molar-refractivity contribution in [2.45, 2.75) is 135 Å². The third kappa shape index (κ3) is 7.65. The Labute approximate surface area is 201 Å². The summed E-state index contributed by atoms with van der Waals surface area (Å²) in [7, 11) is 0. The quantitative estimate of drug-likeness (QED) is 0.185. The van der Waals surface area contributed by atoms with E-state index >= 15 is 0 Å². The molecule has 5 heteroatoms. The number of carboxylic acids is 1. The number of rotatable bonds is 16. The van der Waals surface area contributed by atoms with Crippen LogP contribution in [0.15, 0.2) is 17.1 Å². The first-order valence-corrected chi connectivity index (χ1v) is 13.5. The van der Waals surface area contributed by atoms with Crippen molar-refractivity contribution in [3.05, 3.63) is 12.2 Å². The maximum atomic E-state index is 11.8. The van der Waals surface area contributed by atoms with E-state index in [0.29, 0.717) is 18.1 Å². The van der Waals surface area contributed by atoms with Gasteiger partial charge in [0.1, 0.15) is 11.7 Å². The van der Waals surface area contributed by atoms with Gasteiger partial charge in [-0.1, -0.05) is 97.1 Å². The number of nitrogens with zero attached hydrogens (tertiary/aromatic N) is 1. The van der Waals surface area contributed by atoms with Crippen LogP contribution >= 0.6 is 0 Å². The summed E-state index contributed by atoms with van der Waals surface area (Å²) in [5.41, 5.74) is -0.521. The van der Waals surface area contributed by atoms with Crippen LogP contribution in [0.1, 0.15) is 118 Å². The SMILES string of the molecule is CCCCCCCCCCCCCC=CC(O)C(N=C1C[C@@H]2C[C@@H](C2(C)C)[C@]1(C)O)C(=O)O. The Morgan fingerprint density at radius 3 is 2.06 bits per heavy atom. The van der Waals surface area contributed by atoms with E-state index in [2.05, 4.69) is 25.8 Å². The second-order valence-corrected chi connectivity index (χ2v) is 11.3. The first kappa shape index (κ1) is 28.0. The van der Waals surface area contributed by atoms with Gasteiger partial charge in [-0.3, -0.25) is 4.99 Å². The summed E-state index contributed by atoms with van der Waals surface area (Å²) >= 11 is 0. The fourth-order valence-corrected chi connectivity index (χ4v) is 5.85. The number of fused-ring (bicyclic) bond motifs is 2. The van der Waals surface area contributed by atoms with Gasteiger partial charge in [0.05, 0.1) is 0 Å². The molecule has 0 aromatic carbocycles. The summed E-state index contributed by atoms with van der Waals surface area (Å²) < 4.78 is 0. The number of allylic oxidation sites excluding steroid dienone is 1. The van der Waals surface area contributed by atoms with E-state index in [-0.39, 0.29) is 11.3 Å². The molecule has 3 aliphatic carbocycles. The molecule has 0 heterocycles. The summed E-state index contributed by atoms with van der Waals surface area (Å²) in [6.07, 6.45) is 18.9. The summed E-state index contributed by atoms with van der Waals surface area (Å²) in [6, 6.07) is -1.26. The maximum Gasteiger partial charge on any atom is 0.331 e. The highest BCUT2D eigenvalue weighted by Gasteiger charge is 2.61. The number of carboxylic acid groups (broad SMARTS) is 1. The highest BCUT2D eigenvalue weighted by molar-refractivity contribution is 5.96. The fourth-order valence-electron chi connectivity index (χ4n) is 5.85. The van der Waals surface area contributed by atoms with Gasteiger partial charge in [0.2, 0.25) is 0 Å². The molecule has 3 aliphatic rings. The van der Waals surface area contributed by atoms with Crippen LogP contribution in [0.25, 0.3) is 0 Å². The van der Waals surface area contributed by atoms with E-state index in [9.17, 15) is 20.1 Å². The van der Waals surface area contributed by atoms with Gasteiger partial charge in [-0.2, -0.15) is 0 Å². The van der Waals surface area contributed by atoms with Gasteiger partial charge < -0.3 is 15.3 Å². The Morgan fingerprint density at radius 2 is 1.58 bits per heavy atom. The normalized spacial score (nSPS) is 29.2. The van der Waals surface area contributed by atoms with Crippen LogP contribution in [0, 0.1) is 17.3 Å². The van der Waals surface area contributed by atoms with Gasteiger partial charge in [0.15, 0.2) is 6.04 Å². The van der Waals surface area contributed by atoms with Gasteiger partial charge in [-0.25, -0.2) is 4.79 Å². The topological polar surface area (TPSA) is 90.1 Å². The monoisotopic (exact) mass is 463 g/mol. The van der Waals surface area contributed by atoms with E-state index in [0.717, 1.165) is 19.3 Å². The molecule has 3 N–H and O–H groups in total. The van der Waals surface area contributed by atoms with E-state index in [4.69, 9.17) is 0 Å². The number of aliphatic carboxylic acids is 1. The summed E-state index contributed by atoms with van der Waals surface area (Å²) in [5, 5.41) is 31.2. The predicted molar refractivity (Wildman–Crippen MR) is 136 cm³/mol. The minimum Gasteiger partial charge on any atom is -0.480 e. The molecule has 5 atom stereocenters. The van der Waals surface area contributed by atoms with Gasteiger partial charge >= 0.3 is 5.97 Å². The molecule has 0 aliphatic heterocycles. The smallest absolute Gasteiger partial charge is 0.331 e. The fraction of sp³-hybridized carbons (Fsp3) is 0.857. The minimum absolute atomic E-state index is 0.0500. The molecule has 3 saturated carbocycles. The number of aliphatic hydroxyl groups is 2. The summed E-state index contributed by atoms with van der Waals surface area (Å²) in [6.45, 7) is 8.33. The molecular formula is C28H49NO4. The molecule has 5 nitrogen and oxygen atoms in total. The van der Waals surface area contributed by atoms with Crippen molar-refractivity contribution in [1.82, 2.24) is 0 Å². The Hall–Kier alpha value is -1.20. The van der Waals surface area contributed by atoms with Crippen molar-refractivity contribution < 1.29 is 20.1 Å². The van der Waals surface area contributed by atoms with Crippen molar-refractivity contribution in [2.24, 2.45) is 22.2 Å². The van der Waals surface area contributed by atoms with Gasteiger partial charge in [0.25, 0.3) is 0 Å². The molecule has 3 fully saturated rings. The van der Waals surface area contributed by atoms with E-state index < -0.39 is 23.7 Å². The van der Waals surface area contributed by atoms with Crippen LogP contribution in [0.2, 0.25) is 0 Å². The lowest BCUT2D eigenvalue weighted by molar-refractivity contribution is -0.141. The van der Waals surface area contributed by atoms with Gasteiger partial charge in [-0.05, 0) is 49.9 Å². The minimum atomic E-state index is -1.26. The van der Waals surface area contributed by atoms with Crippen LogP contribution in [0.3, 0.4) is 0 Å². The van der Waals surface area contributed by atoms with Crippen molar-refractivity contribution in [1.29, 1.82) is 0 Å². The molecule has 0 aromatic rings. The number of hydrogen-bond donors (Lipinski definition) is 3. The van der Waals surface area contributed by atoms with Crippen LogP contribution in [0.4, 0.5) is 0 Å². The Bertz CT molecular complexity index is 667. The summed E-state index contributed by atoms with van der Waals surface area (Å²) in [5.74, 6) is -0.640. The molecule has 33 heavy (non-hydrogen) atoms. The second-order valence-electron chi connectivity index (χ2n) is 11.3. The van der Waals surface area contributed by atoms with Crippen molar-refractivity contribution >= 4 is 11.7 Å². The summed E-state index contributed by atoms with van der Waals surface area (Å²) in [4.78, 5) is 16.2. The zero-order valence-corrected chi connectivity index (χ0v) is 21.6.